The number of ether oxygens (including phenoxy) is 1. The summed E-state index contributed by atoms with van der Waals surface area (Å²) in [5.74, 6) is 0.961. The number of carbonyl (C=O) groups is 2. The number of rotatable bonds is 10. The van der Waals surface area contributed by atoms with E-state index in [0.717, 1.165) is 49.3 Å². The molecule has 0 spiro atoms. The molecule has 12 nitrogen and oxygen atoms in total. The highest BCUT2D eigenvalue weighted by atomic mass is 16.5. The molecule has 45 heavy (non-hydrogen) atoms. The van der Waals surface area contributed by atoms with Crippen LogP contribution in [0.3, 0.4) is 0 Å². The van der Waals surface area contributed by atoms with Gasteiger partial charge in [-0.3, -0.25) is 0 Å². The largest absolute Gasteiger partial charge is 0.480 e. The Morgan fingerprint density at radius 2 is 1.96 bits per heavy atom. The first-order valence-corrected chi connectivity index (χ1v) is 15.5. The highest BCUT2D eigenvalue weighted by Gasteiger charge is 2.39. The van der Waals surface area contributed by atoms with E-state index in [9.17, 15) is 19.8 Å². The van der Waals surface area contributed by atoms with Gasteiger partial charge in [0.05, 0.1) is 12.2 Å². The Bertz CT molecular complexity index is 1480. The summed E-state index contributed by atoms with van der Waals surface area (Å²) in [6.07, 6.45) is 4.47. The van der Waals surface area contributed by atoms with E-state index in [4.69, 9.17) is 9.72 Å². The fourth-order valence-electron chi connectivity index (χ4n) is 6.13. The fourth-order valence-corrected chi connectivity index (χ4v) is 6.13. The number of aliphatic hydroxyl groups excluding tert-OH is 1. The van der Waals surface area contributed by atoms with Crippen LogP contribution < -0.4 is 20.9 Å². The number of carboxylic acids is 1. The van der Waals surface area contributed by atoms with Crippen LogP contribution in [0.2, 0.25) is 0 Å². The van der Waals surface area contributed by atoms with E-state index in [0.29, 0.717) is 23.7 Å². The van der Waals surface area contributed by atoms with Gasteiger partial charge < -0.3 is 35.8 Å². The topological polar surface area (TPSA) is 162 Å². The fraction of sp³-hybridized carbons (Fsp3) is 0.485. The zero-order chi connectivity index (χ0) is 32.0. The van der Waals surface area contributed by atoms with Gasteiger partial charge in [-0.1, -0.05) is 57.2 Å². The second-order valence-electron chi connectivity index (χ2n) is 12.7. The lowest BCUT2D eigenvalue weighted by Crippen LogP contribution is -2.50. The number of nitrogens with one attached hydrogen (secondary N) is 3. The zero-order valence-electron chi connectivity index (χ0n) is 26.1. The third kappa shape index (κ3) is 7.80. The van der Waals surface area contributed by atoms with Gasteiger partial charge in [-0.25, -0.2) is 24.5 Å². The number of fused-ring (bicyclic) bond motifs is 1. The number of hydrogen-bond acceptors (Lipinski definition) is 10. The predicted octanol–water partition coefficient (Wildman–Crippen LogP) is 4.31. The molecule has 4 heterocycles. The van der Waals surface area contributed by atoms with Crippen LogP contribution >= 0.6 is 0 Å². The molecule has 3 atom stereocenters. The molecule has 1 fully saturated rings. The van der Waals surface area contributed by atoms with Crippen LogP contribution in [0, 0.1) is 5.41 Å². The minimum absolute atomic E-state index is 0.0153. The normalized spacial score (nSPS) is 18.7. The number of pyridine rings is 1. The molecule has 3 aromatic rings. The average Bonchev–Trinajstić information content (AvgIpc) is 3.05. The van der Waals surface area contributed by atoms with Crippen molar-refractivity contribution in [2.45, 2.75) is 77.7 Å². The van der Waals surface area contributed by atoms with Crippen LogP contribution in [-0.4, -0.2) is 68.9 Å². The van der Waals surface area contributed by atoms with Gasteiger partial charge in [0.15, 0.2) is 0 Å². The van der Waals surface area contributed by atoms with Crippen LogP contribution in [0.25, 0.3) is 0 Å². The molecule has 0 aliphatic carbocycles. The summed E-state index contributed by atoms with van der Waals surface area (Å²) in [4.78, 5) is 40.5. The highest BCUT2D eigenvalue weighted by Crippen LogP contribution is 2.42. The maximum atomic E-state index is 12.4. The molecule has 1 saturated heterocycles. The number of piperidine rings is 1. The molecule has 5 rings (SSSR count). The Morgan fingerprint density at radius 3 is 2.69 bits per heavy atom. The standard InChI is InChI=1S/C33H43N7O5/c1-33(2,3)27-16-23(25-12-11-22-10-7-14-34-28(22)38-25)13-15-40(27)30-24(18-41)29(36-20-37-30)35-17-26(31(42)43)39-32(44)45-19-21-8-5-4-6-9-21/h4-6,8-9,11-12,20,23,26-27,41H,7,10,13-19H2,1-3H3,(H,34,38)(H,39,44)(H,42,43)(H,35,36,37). The number of aliphatic hydroxyl groups is 1. The third-order valence-corrected chi connectivity index (χ3v) is 8.57. The van der Waals surface area contributed by atoms with E-state index in [1.165, 1.54) is 11.9 Å². The lowest BCUT2D eigenvalue weighted by molar-refractivity contribution is -0.139. The number of aryl methyl sites for hydroxylation is 1. The van der Waals surface area contributed by atoms with Crippen molar-refractivity contribution in [2.75, 3.05) is 35.2 Å². The van der Waals surface area contributed by atoms with Gasteiger partial charge in [-0.05, 0) is 48.3 Å². The number of anilines is 3. The van der Waals surface area contributed by atoms with Gasteiger partial charge >= 0.3 is 12.1 Å². The maximum absolute atomic E-state index is 12.4. The minimum atomic E-state index is -1.30. The summed E-state index contributed by atoms with van der Waals surface area (Å²) in [6, 6.07) is 12.3. The summed E-state index contributed by atoms with van der Waals surface area (Å²) in [7, 11) is 0. The van der Waals surface area contributed by atoms with Crippen LogP contribution in [0.15, 0.2) is 48.8 Å². The van der Waals surface area contributed by atoms with E-state index in [2.05, 4.69) is 63.7 Å². The Labute approximate surface area is 263 Å². The Kier molecular flexibility index (Phi) is 10.0. The van der Waals surface area contributed by atoms with Crippen molar-refractivity contribution in [1.29, 1.82) is 0 Å². The number of nitrogens with zero attached hydrogens (tertiary/aromatic N) is 4. The average molecular weight is 618 g/mol. The smallest absolute Gasteiger partial charge is 0.408 e. The lowest BCUT2D eigenvalue weighted by atomic mass is 9.75. The van der Waals surface area contributed by atoms with Crippen molar-refractivity contribution >= 4 is 29.5 Å². The van der Waals surface area contributed by atoms with Gasteiger partial charge in [0.2, 0.25) is 0 Å². The third-order valence-electron chi connectivity index (χ3n) is 8.57. The van der Waals surface area contributed by atoms with Crippen molar-refractivity contribution in [2.24, 2.45) is 5.41 Å². The first kappa shape index (κ1) is 32.0. The minimum Gasteiger partial charge on any atom is -0.480 e. The molecule has 1 amide bonds. The van der Waals surface area contributed by atoms with E-state index in [-0.39, 0.29) is 37.1 Å². The number of carboxylic acid groups (broad SMARTS) is 1. The van der Waals surface area contributed by atoms with Crippen molar-refractivity contribution < 1.29 is 24.5 Å². The number of carbonyl (C=O) groups excluding carboxylic acids is 1. The molecule has 2 aliphatic heterocycles. The van der Waals surface area contributed by atoms with Crippen LogP contribution in [-0.2, 0) is 29.2 Å². The Morgan fingerprint density at radius 1 is 1.16 bits per heavy atom. The number of aromatic nitrogens is 3. The quantitative estimate of drug-likeness (QED) is 0.220. The van der Waals surface area contributed by atoms with Crippen molar-refractivity contribution in [3.63, 3.8) is 0 Å². The van der Waals surface area contributed by atoms with Gasteiger partial charge in [-0.15, -0.1) is 0 Å². The first-order chi connectivity index (χ1) is 21.6. The second-order valence-corrected chi connectivity index (χ2v) is 12.7. The summed E-state index contributed by atoms with van der Waals surface area (Å²) in [5, 5.41) is 29.1. The molecule has 2 aliphatic rings. The second kappa shape index (κ2) is 14.1. The van der Waals surface area contributed by atoms with Gasteiger partial charge in [-0.2, -0.15) is 0 Å². The number of amides is 1. The van der Waals surface area contributed by atoms with E-state index < -0.39 is 18.1 Å². The molecular formula is C33H43N7O5. The van der Waals surface area contributed by atoms with Gasteiger partial charge in [0, 0.05) is 37.3 Å². The molecule has 0 radical (unpaired) electrons. The summed E-state index contributed by atoms with van der Waals surface area (Å²) < 4.78 is 5.19. The van der Waals surface area contributed by atoms with E-state index >= 15 is 0 Å². The van der Waals surface area contributed by atoms with Crippen molar-refractivity contribution in [3.05, 3.63) is 71.2 Å². The highest BCUT2D eigenvalue weighted by molar-refractivity contribution is 5.80. The van der Waals surface area contributed by atoms with Crippen molar-refractivity contribution in [1.82, 2.24) is 20.3 Å². The molecule has 0 saturated carbocycles. The van der Waals surface area contributed by atoms with Crippen LogP contribution in [0.4, 0.5) is 22.2 Å². The summed E-state index contributed by atoms with van der Waals surface area (Å²) in [5.41, 5.74) is 3.51. The predicted molar refractivity (Wildman–Crippen MR) is 171 cm³/mol. The van der Waals surface area contributed by atoms with E-state index in [1.807, 2.05) is 30.3 Å². The summed E-state index contributed by atoms with van der Waals surface area (Å²) in [6.45, 7) is 7.74. The number of benzene rings is 1. The van der Waals surface area contributed by atoms with E-state index in [1.54, 1.807) is 0 Å². The first-order valence-electron chi connectivity index (χ1n) is 15.5. The molecular weight excluding hydrogens is 574 g/mol. The molecule has 5 N–H and O–H groups in total. The lowest BCUT2D eigenvalue weighted by Gasteiger charge is -2.47. The number of aliphatic carboxylic acids is 1. The molecule has 2 aromatic heterocycles. The SMILES string of the molecule is CC(C)(C)C1CC(c2ccc3c(n2)NCCC3)CCN1c1ncnc(NCC(NC(=O)OCc2ccccc2)C(=O)O)c1CO. The summed E-state index contributed by atoms with van der Waals surface area (Å²) >= 11 is 0. The van der Waals surface area contributed by atoms with Gasteiger partial charge in [0.25, 0.3) is 0 Å². The maximum Gasteiger partial charge on any atom is 0.408 e. The van der Waals surface area contributed by atoms with Crippen molar-refractivity contribution in [3.8, 4) is 0 Å². The zero-order valence-corrected chi connectivity index (χ0v) is 26.1. The van der Waals surface area contributed by atoms with Gasteiger partial charge in [0.1, 0.15) is 36.4 Å². The Balaban J connectivity index is 1.29. The van der Waals surface area contributed by atoms with Crippen LogP contribution in [0.1, 0.15) is 68.3 Å². The molecule has 12 heteroatoms. The monoisotopic (exact) mass is 617 g/mol. The Hall–Kier alpha value is -4.45. The molecule has 3 unspecified atom stereocenters. The molecule has 1 aromatic carbocycles. The van der Waals surface area contributed by atoms with Crippen LogP contribution in [0.5, 0.6) is 0 Å². The molecule has 240 valence electrons. The number of alkyl carbamates (subject to hydrolysis) is 1. The molecule has 0 bridgehead atoms. The number of hydrogen-bond donors (Lipinski definition) is 5.